The fourth-order valence-corrected chi connectivity index (χ4v) is 6.36. The third kappa shape index (κ3) is 4.08. The van der Waals surface area contributed by atoms with Gasteiger partial charge in [-0.05, 0) is 30.5 Å². The molecule has 1 aliphatic heterocycles. The summed E-state index contributed by atoms with van der Waals surface area (Å²) in [5.41, 5.74) is 0.358. The smallest absolute Gasteiger partial charge is 0.265 e. The number of hydrogen-bond donors (Lipinski definition) is 0. The van der Waals surface area contributed by atoms with Gasteiger partial charge in [0.15, 0.2) is 5.78 Å². The molecule has 1 saturated heterocycles. The van der Waals surface area contributed by atoms with Crippen molar-refractivity contribution in [2.24, 2.45) is 0 Å². The molecule has 0 atom stereocenters. The molecular weight excluding hydrogens is 442 g/mol. The monoisotopic (exact) mass is 461 g/mol. The van der Waals surface area contributed by atoms with Gasteiger partial charge in [0.1, 0.15) is 9.88 Å². The summed E-state index contributed by atoms with van der Waals surface area (Å²) in [7, 11) is -3.72. The Morgan fingerprint density at radius 1 is 1.07 bits per heavy atom. The molecule has 3 aromatic rings. The average molecular weight is 462 g/mol. The second-order valence-corrected chi connectivity index (χ2v) is 10.7. The van der Waals surface area contributed by atoms with Crippen LogP contribution in [0.15, 0.2) is 52.9 Å². The van der Waals surface area contributed by atoms with Gasteiger partial charge >= 0.3 is 0 Å². The molecule has 3 heterocycles. The van der Waals surface area contributed by atoms with E-state index in [2.05, 4.69) is 4.98 Å². The van der Waals surface area contributed by atoms with Crippen molar-refractivity contribution < 1.29 is 18.0 Å². The fourth-order valence-electron chi connectivity index (χ4n) is 3.20. The van der Waals surface area contributed by atoms with E-state index < -0.39 is 10.0 Å². The van der Waals surface area contributed by atoms with Crippen molar-refractivity contribution in [3.8, 4) is 9.88 Å². The number of thiazole rings is 1. The first-order chi connectivity index (χ1) is 14.4. The first kappa shape index (κ1) is 20.9. The number of hydrogen-bond acceptors (Lipinski definition) is 7. The number of ketones is 1. The molecule has 0 aliphatic carbocycles. The summed E-state index contributed by atoms with van der Waals surface area (Å²) in [6.45, 7) is 2.41. The lowest BCUT2D eigenvalue weighted by Crippen LogP contribution is -2.50. The quantitative estimate of drug-likeness (QED) is 0.545. The summed E-state index contributed by atoms with van der Waals surface area (Å²) in [6, 6.07) is 9.95. The van der Waals surface area contributed by atoms with Crippen molar-refractivity contribution in [1.82, 2.24) is 14.2 Å². The summed E-state index contributed by atoms with van der Waals surface area (Å²) < 4.78 is 27.3. The van der Waals surface area contributed by atoms with Gasteiger partial charge in [-0.2, -0.15) is 4.31 Å². The molecule has 0 bridgehead atoms. The molecule has 10 heteroatoms. The van der Waals surface area contributed by atoms with Gasteiger partial charge in [0.2, 0.25) is 10.0 Å². The highest BCUT2D eigenvalue weighted by Gasteiger charge is 2.31. The van der Waals surface area contributed by atoms with Crippen LogP contribution in [-0.4, -0.2) is 60.5 Å². The van der Waals surface area contributed by atoms with Crippen LogP contribution in [-0.2, 0) is 10.0 Å². The third-order valence-electron chi connectivity index (χ3n) is 4.85. The van der Waals surface area contributed by atoms with Gasteiger partial charge in [-0.1, -0.05) is 18.2 Å². The first-order valence-electron chi connectivity index (χ1n) is 9.26. The largest absolute Gasteiger partial charge is 0.335 e. The summed E-state index contributed by atoms with van der Waals surface area (Å²) in [4.78, 5) is 32.0. The van der Waals surface area contributed by atoms with Crippen molar-refractivity contribution >= 4 is 44.4 Å². The van der Waals surface area contributed by atoms with Crippen molar-refractivity contribution in [2.75, 3.05) is 26.2 Å². The van der Waals surface area contributed by atoms with E-state index >= 15 is 0 Å². The first-order valence-corrected chi connectivity index (χ1v) is 12.4. The van der Waals surface area contributed by atoms with E-state index in [-0.39, 0.29) is 29.7 Å². The number of carbonyl (C=O) groups excluding carboxylic acids is 2. The maximum atomic E-state index is 12.9. The van der Waals surface area contributed by atoms with E-state index in [1.165, 1.54) is 34.7 Å². The lowest BCUT2D eigenvalue weighted by atomic mass is 10.2. The normalized spacial score (nSPS) is 15.3. The number of rotatable bonds is 5. The van der Waals surface area contributed by atoms with E-state index in [0.717, 1.165) is 9.88 Å². The summed E-state index contributed by atoms with van der Waals surface area (Å²) >= 11 is 2.91. The third-order valence-corrected chi connectivity index (χ3v) is 8.77. The highest BCUT2D eigenvalue weighted by molar-refractivity contribution is 7.89. The lowest BCUT2D eigenvalue weighted by molar-refractivity contribution is 0.0702. The molecule has 0 N–H and O–H groups in total. The number of Topliss-reactive ketones (excluding diaryl/α,β-unsaturated/α-hetero) is 1. The molecule has 156 valence electrons. The zero-order chi connectivity index (χ0) is 21.3. The van der Waals surface area contributed by atoms with Crippen LogP contribution in [0.2, 0.25) is 0 Å². The van der Waals surface area contributed by atoms with Crippen LogP contribution < -0.4 is 0 Å². The minimum atomic E-state index is -3.72. The molecule has 0 unspecified atom stereocenters. The average Bonchev–Trinajstić information content (AvgIpc) is 3.45. The van der Waals surface area contributed by atoms with E-state index in [0.29, 0.717) is 23.5 Å². The molecule has 4 rings (SSSR count). The SMILES string of the molecule is CC(=O)c1cccc(S(=O)(=O)N2CCN(C(=O)c3cnc(-c4cccs4)s3)CC2)c1. The van der Waals surface area contributed by atoms with Gasteiger partial charge in [0.05, 0.1) is 16.0 Å². The zero-order valence-electron chi connectivity index (χ0n) is 16.1. The minimum absolute atomic E-state index is 0.0954. The molecule has 2 aromatic heterocycles. The van der Waals surface area contributed by atoms with Gasteiger partial charge in [-0.3, -0.25) is 9.59 Å². The number of amides is 1. The van der Waals surface area contributed by atoms with E-state index in [4.69, 9.17) is 0 Å². The molecule has 30 heavy (non-hydrogen) atoms. The van der Waals surface area contributed by atoms with Crippen molar-refractivity contribution in [3.63, 3.8) is 0 Å². The standard InChI is InChI=1S/C20H19N3O4S3/c1-14(24)15-4-2-5-16(12-15)30(26,27)23-9-7-22(8-10-23)20(25)18-13-21-19(29-18)17-6-3-11-28-17/h2-6,11-13H,7-10H2,1H3. The molecule has 1 aliphatic rings. The predicted molar refractivity (Wildman–Crippen MR) is 117 cm³/mol. The van der Waals surface area contributed by atoms with Gasteiger partial charge < -0.3 is 4.90 Å². The summed E-state index contributed by atoms with van der Waals surface area (Å²) in [6.07, 6.45) is 1.58. The van der Waals surface area contributed by atoms with Crippen LogP contribution in [0.4, 0.5) is 0 Å². The second-order valence-electron chi connectivity index (χ2n) is 6.79. The molecule has 1 amide bonds. The van der Waals surface area contributed by atoms with Crippen LogP contribution in [0.3, 0.4) is 0 Å². The van der Waals surface area contributed by atoms with Crippen LogP contribution in [0.5, 0.6) is 0 Å². The Labute approximate surface area is 182 Å². The maximum Gasteiger partial charge on any atom is 0.265 e. The number of benzene rings is 1. The van der Waals surface area contributed by atoms with Crippen LogP contribution in [0, 0.1) is 0 Å². The molecule has 0 radical (unpaired) electrons. The van der Waals surface area contributed by atoms with Crippen molar-refractivity contribution in [3.05, 3.63) is 58.4 Å². The van der Waals surface area contributed by atoms with Crippen LogP contribution in [0.25, 0.3) is 9.88 Å². The maximum absolute atomic E-state index is 12.9. The number of carbonyl (C=O) groups is 2. The predicted octanol–water partition coefficient (Wildman–Crippen LogP) is 3.22. The van der Waals surface area contributed by atoms with Crippen molar-refractivity contribution in [2.45, 2.75) is 11.8 Å². The van der Waals surface area contributed by atoms with E-state index in [1.807, 2.05) is 17.5 Å². The van der Waals surface area contributed by atoms with Gasteiger partial charge in [-0.15, -0.1) is 22.7 Å². The number of sulfonamides is 1. The van der Waals surface area contributed by atoms with E-state index in [9.17, 15) is 18.0 Å². The molecule has 7 nitrogen and oxygen atoms in total. The highest BCUT2D eigenvalue weighted by atomic mass is 32.2. The van der Waals surface area contributed by atoms with Gasteiger partial charge in [0, 0.05) is 31.7 Å². The number of aromatic nitrogens is 1. The minimum Gasteiger partial charge on any atom is -0.335 e. The van der Waals surface area contributed by atoms with Crippen molar-refractivity contribution in [1.29, 1.82) is 0 Å². The van der Waals surface area contributed by atoms with Gasteiger partial charge in [0.25, 0.3) is 5.91 Å². The molecule has 0 spiro atoms. The molecule has 1 aromatic carbocycles. The fraction of sp³-hybridized carbons (Fsp3) is 0.250. The Kier molecular flexibility index (Phi) is 5.83. The molecule has 1 fully saturated rings. The Morgan fingerprint density at radius 3 is 2.50 bits per heavy atom. The highest BCUT2D eigenvalue weighted by Crippen LogP contribution is 2.29. The van der Waals surface area contributed by atoms with E-state index in [1.54, 1.807) is 34.6 Å². The number of nitrogens with zero attached hydrogens (tertiary/aromatic N) is 3. The Bertz CT molecular complexity index is 1180. The van der Waals surface area contributed by atoms with Crippen LogP contribution in [0.1, 0.15) is 27.0 Å². The summed E-state index contributed by atoms with van der Waals surface area (Å²) in [5, 5.41) is 2.77. The number of thiophene rings is 1. The van der Waals surface area contributed by atoms with Gasteiger partial charge in [-0.25, -0.2) is 13.4 Å². The molecule has 0 saturated carbocycles. The topological polar surface area (TPSA) is 87.7 Å². The second kappa shape index (κ2) is 8.38. The zero-order valence-corrected chi connectivity index (χ0v) is 18.6. The lowest BCUT2D eigenvalue weighted by Gasteiger charge is -2.33. The Balaban J connectivity index is 1.44. The Hall–Kier alpha value is -2.40. The Morgan fingerprint density at radius 2 is 1.83 bits per heavy atom. The summed E-state index contributed by atoms with van der Waals surface area (Å²) in [5.74, 6) is -0.320. The van der Waals surface area contributed by atoms with Crippen LogP contribution >= 0.6 is 22.7 Å². The number of piperazine rings is 1. The molecular formula is C20H19N3O4S3.